The molecule has 0 aliphatic heterocycles. The molecular formula is C22H46N6O. The summed E-state index contributed by atoms with van der Waals surface area (Å²) in [6.07, 6.45) is 12.0. The number of aliphatic hydroxyl groups is 1. The van der Waals surface area contributed by atoms with Gasteiger partial charge in [0.25, 0.3) is 0 Å². The maximum Gasteiger partial charge on any atom is 0.0859 e. The van der Waals surface area contributed by atoms with E-state index in [1.54, 1.807) is 26.8 Å². The molecule has 0 rings (SSSR count). The van der Waals surface area contributed by atoms with Gasteiger partial charge in [0.05, 0.1) is 12.7 Å². The van der Waals surface area contributed by atoms with Gasteiger partial charge in [-0.05, 0) is 72.0 Å². The third kappa shape index (κ3) is 22.5. The number of nitrogens with one attached hydrogen (secondary N) is 4. The Balaban J connectivity index is 0. The van der Waals surface area contributed by atoms with Crippen molar-refractivity contribution in [2.75, 3.05) is 40.8 Å². The lowest BCUT2D eigenvalue weighted by atomic mass is 9.99. The Labute approximate surface area is 179 Å². The van der Waals surface area contributed by atoms with Crippen molar-refractivity contribution in [3.8, 4) is 0 Å². The second kappa shape index (κ2) is 22.6. The number of nitrogens with zero attached hydrogens (tertiary/aromatic N) is 2. The predicted octanol–water partition coefficient (Wildman–Crippen LogP) is 2.66. The first kappa shape index (κ1) is 29.5. The van der Waals surface area contributed by atoms with Crippen LogP contribution < -0.4 is 21.3 Å². The van der Waals surface area contributed by atoms with Crippen LogP contribution in [0.5, 0.6) is 0 Å². The number of rotatable bonds is 16. The van der Waals surface area contributed by atoms with E-state index >= 15 is 0 Å². The zero-order valence-electron chi connectivity index (χ0n) is 19.8. The van der Waals surface area contributed by atoms with Crippen molar-refractivity contribution >= 4 is 12.7 Å². The van der Waals surface area contributed by atoms with E-state index in [4.69, 9.17) is 5.11 Å². The van der Waals surface area contributed by atoms with Gasteiger partial charge in [-0.3, -0.25) is 9.98 Å². The highest BCUT2D eigenvalue weighted by Gasteiger charge is 2.08. The summed E-state index contributed by atoms with van der Waals surface area (Å²) in [6.45, 7) is 12.0. The van der Waals surface area contributed by atoms with Crippen molar-refractivity contribution in [1.82, 2.24) is 21.3 Å². The van der Waals surface area contributed by atoms with Crippen LogP contribution in [-0.4, -0.2) is 64.7 Å². The first-order chi connectivity index (χ1) is 14.0. The maximum absolute atomic E-state index is 7.00. The zero-order valence-corrected chi connectivity index (χ0v) is 19.8. The minimum absolute atomic E-state index is 0.550. The molecule has 2 atom stereocenters. The third-order valence-electron chi connectivity index (χ3n) is 4.34. The molecule has 0 aliphatic rings. The van der Waals surface area contributed by atoms with Gasteiger partial charge in [0, 0.05) is 39.6 Å². The molecule has 7 nitrogen and oxygen atoms in total. The summed E-state index contributed by atoms with van der Waals surface area (Å²) in [5, 5.41) is 20.3. The molecule has 0 saturated heterocycles. The second-order valence-electron chi connectivity index (χ2n) is 7.32. The topological polar surface area (TPSA) is 93.1 Å². The normalized spacial score (nSPS) is 14.6. The Hall–Kier alpha value is -1.70. The van der Waals surface area contributed by atoms with Gasteiger partial charge in [0.15, 0.2) is 0 Å². The van der Waals surface area contributed by atoms with Crippen LogP contribution >= 0.6 is 0 Å². The summed E-state index contributed by atoms with van der Waals surface area (Å²) in [6, 6.07) is 0.550. The van der Waals surface area contributed by atoms with Crippen LogP contribution in [0.4, 0.5) is 0 Å². The minimum atomic E-state index is 0.550. The molecule has 0 amide bonds. The zero-order chi connectivity index (χ0) is 22.3. The van der Waals surface area contributed by atoms with Gasteiger partial charge in [-0.25, -0.2) is 0 Å². The van der Waals surface area contributed by atoms with Gasteiger partial charge in [-0.2, -0.15) is 0 Å². The molecule has 29 heavy (non-hydrogen) atoms. The standard InChI is InChI=1S/C21H42N6.CH4O/c1-18(7-10-24-11-8-19(2)14-25-16-22-5)13-21(4)27-12-9-20(3)15-26-17-23-6;1-2/h14-18,21,24,27H,7-13H2,1-6H3,(H,22,25)(H,23,26);2H,1H3/b19-14+,20-15+;. The first-order valence-electron chi connectivity index (χ1n) is 10.5. The highest BCUT2D eigenvalue weighted by atomic mass is 16.2. The molecule has 0 radical (unpaired) electrons. The molecule has 0 aromatic heterocycles. The van der Waals surface area contributed by atoms with Gasteiger partial charge in [-0.1, -0.05) is 18.1 Å². The Kier molecular flexibility index (Phi) is 23.0. The van der Waals surface area contributed by atoms with Crippen LogP contribution in [0, 0.1) is 5.92 Å². The molecule has 0 heterocycles. The van der Waals surface area contributed by atoms with Crippen molar-refractivity contribution in [1.29, 1.82) is 0 Å². The van der Waals surface area contributed by atoms with Crippen LogP contribution in [0.15, 0.2) is 33.5 Å². The SMILES string of the molecule is CN=CN/C=C(\C)CCNCCC(C)CC(C)NCC/C(C)=C/NC=NC.CO. The van der Waals surface area contributed by atoms with E-state index in [0.29, 0.717) is 6.04 Å². The molecule has 0 aromatic carbocycles. The summed E-state index contributed by atoms with van der Waals surface area (Å²) in [5.41, 5.74) is 2.66. The van der Waals surface area contributed by atoms with Crippen molar-refractivity contribution in [3.63, 3.8) is 0 Å². The fourth-order valence-corrected chi connectivity index (χ4v) is 2.73. The Morgan fingerprint density at radius 2 is 1.38 bits per heavy atom. The fourth-order valence-electron chi connectivity index (χ4n) is 2.73. The molecule has 0 spiro atoms. The van der Waals surface area contributed by atoms with Crippen molar-refractivity contribution in [2.45, 2.75) is 59.4 Å². The van der Waals surface area contributed by atoms with Crippen LogP contribution in [-0.2, 0) is 0 Å². The lowest BCUT2D eigenvalue weighted by Crippen LogP contribution is -2.30. The average molecular weight is 411 g/mol. The van der Waals surface area contributed by atoms with Crippen LogP contribution in [0.2, 0.25) is 0 Å². The molecule has 2 unspecified atom stereocenters. The highest BCUT2D eigenvalue weighted by molar-refractivity contribution is 5.55. The van der Waals surface area contributed by atoms with E-state index in [1.165, 1.54) is 24.0 Å². The molecular weight excluding hydrogens is 364 g/mol. The van der Waals surface area contributed by atoms with Gasteiger partial charge in [-0.15, -0.1) is 0 Å². The fraction of sp³-hybridized carbons (Fsp3) is 0.727. The second-order valence-corrected chi connectivity index (χ2v) is 7.32. The number of hydrogen-bond donors (Lipinski definition) is 5. The van der Waals surface area contributed by atoms with Gasteiger partial charge >= 0.3 is 0 Å². The van der Waals surface area contributed by atoms with E-state index in [-0.39, 0.29) is 0 Å². The van der Waals surface area contributed by atoms with E-state index in [2.05, 4.69) is 58.9 Å². The third-order valence-corrected chi connectivity index (χ3v) is 4.34. The molecule has 170 valence electrons. The molecule has 0 aliphatic carbocycles. The van der Waals surface area contributed by atoms with Crippen molar-refractivity contribution < 1.29 is 5.11 Å². The summed E-state index contributed by atoms with van der Waals surface area (Å²) in [7, 11) is 4.52. The van der Waals surface area contributed by atoms with Crippen LogP contribution in [0.3, 0.4) is 0 Å². The Morgan fingerprint density at radius 1 is 0.862 bits per heavy atom. The quantitative estimate of drug-likeness (QED) is 0.153. The number of aliphatic imine (C=N–C) groups is 2. The van der Waals surface area contributed by atoms with E-state index in [1.807, 2.05) is 12.4 Å². The smallest absolute Gasteiger partial charge is 0.0859 e. The van der Waals surface area contributed by atoms with E-state index in [9.17, 15) is 0 Å². The predicted molar refractivity (Wildman–Crippen MR) is 129 cm³/mol. The average Bonchev–Trinajstić information content (AvgIpc) is 2.69. The van der Waals surface area contributed by atoms with E-state index < -0.39 is 0 Å². The Bertz CT molecular complexity index is 474. The molecule has 7 heteroatoms. The lowest BCUT2D eigenvalue weighted by molar-refractivity contribution is 0.397. The molecule has 5 N–H and O–H groups in total. The molecule has 0 aromatic rings. The monoisotopic (exact) mass is 410 g/mol. The molecule has 0 bridgehead atoms. The van der Waals surface area contributed by atoms with Crippen molar-refractivity contribution in [3.05, 3.63) is 23.5 Å². The Morgan fingerprint density at radius 3 is 1.90 bits per heavy atom. The van der Waals surface area contributed by atoms with Crippen molar-refractivity contribution in [2.24, 2.45) is 15.9 Å². The minimum Gasteiger partial charge on any atom is -0.400 e. The number of aliphatic hydroxyl groups excluding tert-OH is 1. The summed E-state index contributed by atoms with van der Waals surface area (Å²) < 4.78 is 0. The number of hydrogen-bond acceptors (Lipinski definition) is 5. The van der Waals surface area contributed by atoms with Gasteiger partial charge < -0.3 is 26.4 Å². The van der Waals surface area contributed by atoms with Gasteiger partial charge in [0.1, 0.15) is 0 Å². The van der Waals surface area contributed by atoms with E-state index in [0.717, 1.165) is 45.5 Å². The summed E-state index contributed by atoms with van der Waals surface area (Å²) >= 11 is 0. The molecule has 0 fully saturated rings. The molecule has 0 saturated carbocycles. The van der Waals surface area contributed by atoms with Crippen LogP contribution in [0.1, 0.15) is 53.4 Å². The summed E-state index contributed by atoms with van der Waals surface area (Å²) in [5.74, 6) is 0.721. The van der Waals surface area contributed by atoms with Crippen LogP contribution in [0.25, 0.3) is 0 Å². The maximum atomic E-state index is 7.00. The van der Waals surface area contributed by atoms with Gasteiger partial charge in [0.2, 0.25) is 0 Å². The first-order valence-corrected chi connectivity index (χ1v) is 10.5. The lowest BCUT2D eigenvalue weighted by Gasteiger charge is -2.19. The highest BCUT2D eigenvalue weighted by Crippen LogP contribution is 2.10. The summed E-state index contributed by atoms with van der Waals surface area (Å²) in [4.78, 5) is 7.79. The largest absolute Gasteiger partial charge is 0.400 e.